The number of methoxy groups -OCH3 is 1. The molecular formula is C11H10FN3O3. The van der Waals surface area contributed by atoms with Crippen LogP contribution in [0.4, 0.5) is 4.39 Å². The van der Waals surface area contributed by atoms with Gasteiger partial charge < -0.3 is 9.84 Å². The van der Waals surface area contributed by atoms with Crippen LogP contribution in [0.15, 0.2) is 24.5 Å². The van der Waals surface area contributed by atoms with Gasteiger partial charge >= 0.3 is 5.97 Å². The van der Waals surface area contributed by atoms with Gasteiger partial charge in [0.1, 0.15) is 18.8 Å². The van der Waals surface area contributed by atoms with Gasteiger partial charge in [0.15, 0.2) is 5.82 Å². The predicted octanol–water partition coefficient (Wildman–Crippen LogP) is 0.685. The first-order valence-electron chi connectivity index (χ1n) is 5.05. The number of hydrogen-bond donors (Lipinski definition) is 1. The Morgan fingerprint density at radius 1 is 1.56 bits per heavy atom. The van der Waals surface area contributed by atoms with E-state index in [0.29, 0.717) is 5.69 Å². The zero-order valence-corrected chi connectivity index (χ0v) is 9.50. The number of esters is 1. The molecule has 0 saturated heterocycles. The van der Waals surface area contributed by atoms with Gasteiger partial charge in [-0.05, 0) is 18.2 Å². The van der Waals surface area contributed by atoms with E-state index in [-0.39, 0.29) is 18.0 Å². The van der Waals surface area contributed by atoms with Crippen LogP contribution in [0.1, 0.15) is 16.2 Å². The summed E-state index contributed by atoms with van der Waals surface area (Å²) < 4.78 is 19.1. The van der Waals surface area contributed by atoms with Crippen LogP contribution in [0.3, 0.4) is 0 Å². The lowest BCUT2D eigenvalue weighted by Gasteiger charge is -2.10. The predicted molar refractivity (Wildman–Crippen MR) is 58.6 cm³/mol. The molecule has 0 aliphatic heterocycles. The number of benzene rings is 1. The number of carbonyl (C=O) groups is 1. The zero-order valence-electron chi connectivity index (χ0n) is 9.50. The highest BCUT2D eigenvalue weighted by Gasteiger charge is 2.16. The number of carbonyl (C=O) groups excluding carboxylic acids is 1. The van der Waals surface area contributed by atoms with Crippen molar-refractivity contribution in [3.63, 3.8) is 0 Å². The van der Waals surface area contributed by atoms with Crippen LogP contribution in [0.2, 0.25) is 0 Å². The van der Waals surface area contributed by atoms with Crippen molar-refractivity contribution in [1.82, 2.24) is 14.8 Å². The molecule has 0 aliphatic rings. The van der Waals surface area contributed by atoms with Crippen LogP contribution in [-0.2, 0) is 11.3 Å². The molecule has 1 aromatic carbocycles. The third-order valence-electron chi connectivity index (χ3n) is 2.38. The van der Waals surface area contributed by atoms with E-state index in [1.165, 1.54) is 30.1 Å². The van der Waals surface area contributed by atoms with Gasteiger partial charge in [-0.1, -0.05) is 0 Å². The summed E-state index contributed by atoms with van der Waals surface area (Å²) in [6, 6.07) is 3.65. The molecule has 0 radical (unpaired) electrons. The maximum Gasteiger partial charge on any atom is 0.340 e. The third kappa shape index (κ3) is 2.07. The second kappa shape index (κ2) is 4.92. The lowest BCUT2D eigenvalue weighted by Crippen LogP contribution is -2.10. The minimum Gasteiger partial charge on any atom is -0.465 e. The summed E-state index contributed by atoms with van der Waals surface area (Å²) >= 11 is 0. The number of aromatic nitrogens is 3. The Labute approximate surface area is 102 Å². The van der Waals surface area contributed by atoms with Crippen LogP contribution < -0.4 is 0 Å². The Morgan fingerprint density at radius 2 is 2.33 bits per heavy atom. The summed E-state index contributed by atoms with van der Waals surface area (Å²) in [4.78, 5) is 11.6. The van der Waals surface area contributed by atoms with Crippen LogP contribution in [0.5, 0.6) is 0 Å². The number of aliphatic hydroxyl groups excluding tert-OH is 1. The molecule has 0 amide bonds. The van der Waals surface area contributed by atoms with Crippen LogP contribution in [0, 0.1) is 5.82 Å². The van der Waals surface area contributed by atoms with Gasteiger partial charge in [-0.2, -0.15) is 0 Å². The zero-order chi connectivity index (χ0) is 13.1. The summed E-state index contributed by atoms with van der Waals surface area (Å²) in [6.07, 6.45) is 1.32. The lowest BCUT2D eigenvalue weighted by atomic mass is 10.1. The maximum atomic E-state index is 13.2. The standard InChI is InChI=1S/C11H10FN3O3/c1-18-11(17)8-4-7(12)2-3-9(8)15-6-13-14-10(15)5-16/h2-4,6,16H,5H2,1H3. The first-order chi connectivity index (χ1) is 8.67. The molecule has 2 aromatic rings. The summed E-state index contributed by atoms with van der Waals surface area (Å²) in [5, 5.41) is 16.4. The van der Waals surface area contributed by atoms with Gasteiger partial charge in [-0.15, -0.1) is 10.2 Å². The van der Waals surface area contributed by atoms with E-state index in [4.69, 9.17) is 5.11 Å². The molecule has 0 bridgehead atoms. The first-order valence-corrected chi connectivity index (χ1v) is 5.05. The summed E-state index contributed by atoms with van der Waals surface area (Å²) in [7, 11) is 1.20. The average Bonchev–Trinajstić information content (AvgIpc) is 2.85. The van der Waals surface area contributed by atoms with Crippen molar-refractivity contribution < 1.29 is 19.0 Å². The molecule has 0 saturated carbocycles. The highest BCUT2D eigenvalue weighted by atomic mass is 19.1. The van der Waals surface area contributed by atoms with Crippen molar-refractivity contribution in [3.05, 3.63) is 41.7 Å². The SMILES string of the molecule is COC(=O)c1cc(F)ccc1-n1cnnc1CO. The average molecular weight is 251 g/mol. The fourth-order valence-corrected chi connectivity index (χ4v) is 1.56. The lowest BCUT2D eigenvalue weighted by molar-refractivity contribution is 0.0600. The van der Waals surface area contributed by atoms with Crippen molar-refractivity contribution in [3.8, 4) is 5.69 Å². The van der Waals surface area contributed by atoms with E-state index >= 15 is 0 Å². The Hall–Kier alpha value is -2.28. The fraction of sp³-hybridized carbons (Fsp3) is 0.182. The van der Waals surface area contributed by atoms with Crippen molar-refractivity contribution in [1.29, 1.82) is 0 Å². The largest absolute Gasteiger partial charge is 0.465 e. The Bertz CT molecular complexity index is 583. The maximum absolute atomic E-state index is 13.2. The first kappa shape index (κ1) is 12.2. The number of hydrogen-bond acceptors (Lipinski definition) is 5. The van der Waals surface area contributed by atoms with Gasteiger partial charge in [-0.3, -0.25) is 4.57 Å². The van der Waals surface area contributed by atoms with Gasteiger partial charge in [0, 0.05) is 0 Å². The number of rotatable bonds is 3. The fourth-order valence-electron chi connectivity index (χ4n) is 1.56. The molecule has 0 fully saturated rings. The number of nitrogens with zero attached hydrogens (tertiary/aromatic N) is 3. The van der Waals surface area contributed by atoms with E-state index in [9.17, 15) is 9.18 Å². The van der Waals surface area contributed by atoms with Crippen LogP contribution >= 0.6 is 0 Å². The second-order valence-corrected chi connectivity index (χ2v) is 3.43. The molecule has 1 N–H and O–H groups in total. The quantitative estimate of drug-likeness (QED) is 0.812. The van der Waals surface area contributed by atoms with E-state index in [1.807, 2.05) is 0 Å². The summed E-state index contributed by atoms with van der Waals surface area (Å²) in [5.41, 5.74) is 0.379. The molecule has 6 nitrogen and oxygen atoms in total. The van der Waals surface area contributed by atoms with Crippen molar-refractivity contribution in [2.75, 3.05) is 7.11 Å². The molecule has 0 atom stereocenters. The third-order valence-corrected chi connectivity index (χ3v) is 2.38. The van der Waals surface area contributed by atoms with Crippen molar-refractivity contribution in [2.45, 2.75) is 6.61 Å². The van der Waals surface area contributed by atoms with Gasteiger partial charge in [-0.25, -0.2) is 9.18 Å². The highest BCUT2D eigenvalue weighted by molar-refractivity contribution is 5.93. The van der Waals surface area contributed by atoms with Gasteiger partial charge in [0.2, 0.25) is 0 Å². The normalized spacial score (nSPS) is 10.4. The van der Waals surface area contributed by atoms with E-state index in [1.54, 1.807) is 0 Å². The van der Waals surface area contributed by atoms with E-state index < -0.39 is 11.8 Å². The van der Waals surface area contributed by atoms with Crippen LogP contribution in [0.25, 0.3) is 5.69 Å². The Kier molecular flexibility index (Phi) is 3.33. The molecule has 1 heterocycles. The highest BCUT2D eigenvalue weighted by Crippen LogP contribution is 2.18. The monoisotopic (exact) mass is 251 g/mol. The molecule has 94 valence electrons. The topological polar surface area (TPSA) is 77.2 Å². The smallest absolute Gasteiger partial charge is 0.340 e. The van der Waals surface area contributed by atoms with Crippen LogP contribution in [-0.4, -0.2) is 33.0 Å². The number of aliphatic hydroxyl groups is 1. The van der Waals surface area contributed by atoms with Gasteiger partial charge in [0.05, 0.1) is 18.4 Å². The molecule has 2 rings (SSSR count). The Balaban J connectivity index is 2.60. The minimum atomic E-state index is -0.679. The molecule has 18 heavy (non-hydrogen) atoms. The number of ether oxygens (including phenoxy) is 1. The molecule has 1 aromatic heterocycles. The second-order valence-electron chi connectivity index (χ2n) is 3.43. The minimum absolute atomic E-state index is 0.0343. The van der Waals surface area contributed by atoms with Crippen molar-refractivity contribution >= 4 is 5.97 Å². The van der Waals surface area contributed by atoms with E-state index in [2.05, 4.69) is 14.9 Å². The Morgan fingerprint density at radius 3 is 3.00 bits per heavy atom. The van der Waals surface area contributed by atoms with Gasteiger partial charge in [0.25, 0.3) is 0 Å². The summed E-state index contributed by atoms with van der Waals surface area (Å²) in [5.74, 6) is -0.994. The number of halogens is 1. The molecule has 0 unspecified atom stereocenters. The van der Waals surface area contributed by atoms with Crippen molar-refractivity contribution in [2.24, 2.45) is 0 Å². The molecule has 0 aliphatic carbocycles. The molecule has 7 heteroatoms. The molecule has 0 spiro atoms. The molecular weight excluding hydrogens is 241 g/mol. The van der Waals surface area contributed by atoms with E-state index in [0.717, 1.165) is 6.07 Å². The summed E-state index contributed by atoms with van der Waals surface area (Å²) in [6.45, 7) is -0.349.